The zero-order valence-electron chi connectivity index (χ0n) is 10.5. The van der Waals surface area contributed by atoms with Crippen molar-refractivity contribution in [1.82, 2.24) is 14.7 Å². The van der Waals surface area contributed by atoms with Crippen LogP contribution in [-0.2, 0) is 9.59 Å². The van der Waals surface area contributed by atoms with Crippen molar-refractivity contribution in [2.75, 3.05) is 39.8 Å². The fourth-order valence-corrected chi connectivity index (χ4v) is 2.58. The summed E-state index contributed by atoms with van der Waals surface area (Å²) in [5.74, 6) is 0.143. The third kappa shape index (κ3) is 2.77. The number of carbonyl (C=O) groups excluding carboxylic acids is 2. The second kappa shape index (κ2) is 5.49. The van der Waals surface area contributed by atoms with Gasteiger partial charge in [-0.1, -0.05) is 0 Å². The fourth-order valence-electron chi connectivity index (χ4n) is 2.58. The Morgan fingerprint density at radius 1 is 1.12 bits per heavy atom. The third-order valence-corrected chi connectivity index (χ3v) is 3.78. The summed E-state index contributed by atoms with van der Waals surface area (Å²) in [7, 11) is 2.07. The lowest BCUT2D eigenvalue weighted by Crippen LogP contribution is -2.55. The molecule has 2 saturated heterocycles. The van der Waals surface area contributed by atoms with E-state index in [1.165, 1.54) is 0 Å². The third-order valence-electron chi connectivity index (χ3n) is 3.78. The Labute approximate surface area is 102 Å². The van der Waals surface area contributed by atoms with Crippen molar-refractivity contribution in [2.24, 2.45) is 0 Å². The minimum absolute atomic E-state index is 0.143. The molecule has 96 valence electrons. The van der Waals surface area contributed by atoms with E-state index in [1.807, 2.05) is 4.90 Å². The first-order valence-corrected chi connectivity index (χ1v) is 6.41. The second-order valence-corrected chi connectivity index (χ2v) is 4.98. The summed E-state index contributed by atoms with van der Waals surface area (Å²) in [6.45, 7) is 4.17. The van der Waals surface area contributed by atoms with Crippen LogP contribution in [0.4, 0.5) is 0 Å². The lowest BCUT2D eigenvalue weighted by molar-refractivity contribution is -0.143. The molecule has 0 saturated carbocycles. The Bertz CT molecular complexity index is 287. The van der Waals surface area contributed by atoms with E-state index in [1.54, 1.807) is 4.90 Å². The van der Waals surface area contributed by atoms with Gasteiger partial charge in [0.1, 0.15) is 6.04 Å². The summed E-state index contributed by atoms with van der Waals surface area (Å²) >= 11 is 0. The predicted octanol–water partition coefficient (Wildman–Crippen LogP) is -0.229. The molecule has 2 aliphatic heterocycles. The van der Waals surface area contributed by atoms with Crippen LogP contribution < -0.4 is 0 Å². The van der Waals surface area contributed by atoms with Crippen LogP contribution in [0, 0.1) is 0 Å². The summed E-state index contributed by atoms with van der Waals surface area (Å²) in [5.41, 5.74) is 0. The highest BCUT2D eigenvalue weighted by Crippen LogP contribution is 2.18. The molecule has 1 unspecified atom stereocenters. The lowest BCUT2D eigenvalue weighted by atomic mass is 10.0. The second-order valence-electron chi connectivity index (χ2n) is 4.98. The highest BCUT2D eigenvalue weighted by molar-refractivity contribution is 5.84. The smallest absolute Gasteiger partial charge is 0.245 e. The number of likely N-dealkylation sites (tertiary alicyclic amines) is 1. The maximum Gasteiger partial charge on any atom is 0.245 e. The molecular weight excluding hydrogens is 218 g/mol. The number of hydrogen-bond acceptors (Lipinski definition) is 3. The van der Waals surface area contributed by atoms with E-state index in [-0.39, 0.29) is 11.9 Å². The summed E-state index contributed by atoms with van der Waals surface area (Å²) in [6, 6.07) is -0.204. The van der Waals surface area contributed by atoms with Crippen molar-refractivity contribution >= 4 is 12.3 Å². The number of piperazine rings is 1. The van der Waals surface area contributed by atoms with Gasteiger partial charge < -0.3 is 14.7 Å². The monoisotopic (exact) mass is 239 g/mol. The van der Waals surface area contributed by atoms with Crippen molar-refractivity contribution in [2.45, 2.75) is 25.3 Å². The van der Waals surface area contributed by atoms with Crippen LogP contribution in [-0.4, -0.2) is 72.8 Å². The minimum atomic E-state index is -0.204. The standard InChI is InChI=1S/C12H21N3O2/c1-13-6-8-14(9-7-13)12(17)11-4-2-3-5-15(11)10-16/h10-11H,2-9H2,1H3. The van der Waals surface area contributed by atoms with Gasteiger partial charge in [0.25, 0.3) is 0 Å². The van der Waals surface area contributed by atoms with Gasteiger partial charge in [-0.2, -0.15) is 0 Å². The number of amides is 2. The SMILES string of the molecule is CN1CCN(C(=O)C2CCCCN2C=O)CC1. The van der Waals surface area contributed by atoms with Crippen molar-refractivity contribution < 1.29 is 9.59 Å². The van der Waals surface area contributed by atoms with Gasteiger partial charge >= 0.3 is 0 Å². The van der Waals surface area contributed by atoms with E-state index in [0.717, 1.165) is 58.4 Å². The van der Waals surface area contributed by atoms with E-state index < -0.39 is 0 Å². The molecule has 5 nitrogen and oxygen atoms in total. The Kier molecular flexibility index (Phi) is 3.99. The van der Waals surface area contributed by atoms with Gasteiger partial charge in [-0.05, 0) is 26.3 Å². The van der Waals surface area contributed by atoms with Crippen LogP contribution in [0.2, 0.25) is 0 Å². The van der Waals surface area contributed by atoms with Gasteiger partial charge in [0.05, 0.1) is 0 Å². The largest absolute Gasteiger partial charge is 0.338 e. The number of rotatable bonds is 2. The van der Waals surface area contributed by atoms with Crippen LogP contribution in [0.5, 0.6) is 0 Å². The van der Waals surface area contributed by atoms with Crippen LogP contribution in [0.15, 0.2) is 0 Å². The summed E-state index contributed by atoms with van der Waals surface area (Å²) in [5, 5.41) is 0. The number of carbonyl (C=O) groups is 2. The average molecular weight is 239 g/mol. The molecule has 0 N–H and O–H groups in total. The normalized spacial score (nSPS) is 27.0. The molecular formula is C12H21N3O2. The molecule has 0 aromatic rings. The molecule has 0 radical (unpaired) electrons. The maximum absolute atomic E-state index is 12.3. The van der Waals surface area contributed by atoms with Gasteiger partial charge in [0.15, 0.2) is 0 Å². The topological polar surface area (TPSA) is 43.9 Å². The van der Waals surface area contributed by atoms with Crippen LogP contribution in [0.1, 0.15) is 19.3 Å². The number of piperidine rings is 1. The van der Waals surface area contributed by atoms with Crippen molar-refractivity contribution in [3.05, 3.63) is 0 Å². The first-order valence-electron chi connectivity index (χ1n) is 6.41. The highest BCUT2D eigenvalue weighted by Gasteiger charge is 2.32. The van der Waals surface area contributed by atoms with Crippen molar-refractivity contribution in [3.63, 3.8) is 0 Å². The van der Waals surface area contributed by atoms with Crippen molar-refractivity contribution in [1.29, 1.82) is 0 Å². The molecule has 2 amide bonds. The molecule has 2 rings (SSSR count). The summed E-state index contributed by atoms with van der Waals surface area (Å²) in [4.78, 5) is 29.1. The molecule has 5 heteroatoms. The minimum Gasteiger partial charge on any atom is -0.338 e. The predicted molar refractivity (Wildman–Crippen MR) is 64.5 cm³/mol. The molecule has 0 aromatic carbocycles. The maximum atomic E-state index is 12.3. The zero-order chi connectivity index (χ0) is 12.3. The van der Waals surface area contributed by atoms with Gasteiger partial charge in [0, 0.05) is 32.7 Å². The quantitative estimate of drug-likeness (QED) is 0.625. The Hall–Kier alpha value is -1.10. The zero-order valence-corrected chi connectivity index (χ0v) is 10.5. The number of hydrogen-bond donors (Lipinski definition) is 0. The van der Waals surface area contributed by atoms with E-state index in [0.29, 0.717) is 0 Å². The van der Waals surface area contributed by atoms with Crippen LogP contribution in [0.25, 0.3) is 0 Å². The molecule has 0 aromatic heterocycles. The Morgan fingerprint density at radius 3 is 2.47 bits per heavy atom. The van der Waals surface area contributed by atoms with E-state index in [2.05, 4.69) is 11.9 Å². The first kappa shape index (κ1) is 12.4. The van der Waals surface area contributed by atoms with Gasteiger partial charge in [0.2, 0.25) is 12.3 Å². The number of nitrogens with zero attached hydrogens (tertiary/aromatic N) is 3. The molecule has 0 spiro atoms. The average Bonchev–Trinajstić information content (AvgIpc) is 2.39. The molecule has 2 fully saturated rings. The van der Waals surface area contributed by atoms with E-state index in [9.17, 15) is 9.59 Å². The van der Waals surface area contributed by atoms with Crippen LogP contribution >= 0.6 is 0 Å². The molecule has 17 heavy (non-hydrogen) atoms. The lowest BCUT2D eigenvalue weighted by Gasteiger charge is -2.38. The van der Waals surface area contributed by atoms with E-state index in [4.69, 9.17) is 0 Å². The fraction of sp³-hybridized carbons (Fsp3) is 0.833. The van der Waals surface area contributed by atoms with Gasteiger partial charge in [-0.3, -0.25) is 9.59 Å². The van der Waals surface area contributed by atoms with Gasteiger partial charge in [-0.25, -0.2) is 0 Å². The summed E-state index contributed by atoms with van der Waals surface area (Å²) < 4.78 is 0. The summed E-state index contributed by atoms with van der Waals surface area (Å²) in [6.07, 6.45) is 3.72. The van der Waals surface area contributed by atoms with E-state index >= 15 is 0 Å². The van der Waals surface area contributed by atoms with Gasteiger partial charge in [-0.15, -0.1) is 0 Å². The molecule has 0 bridgehead atoms. The highest BCUT2D eigenvalue weighted by atomic mass is 16.2. The van der Waals surface area contributed by atoms with Crippen LogP contribution in [0.3, 0.4) is 0 Å². The molecule has 2 aliphatic rings. The Morgan fingerprint density at radius 2 is 1.82 bits per heavy atom. The first-order chi connectivity index (χ1) is 8.22. The molecule has 2 heterocycles. The Balaban J connectivity index is 1.95. The number of likely N-dealkylation sites (N-methyl/N-ethyl adjacent to an activating group) is 1. The molecule has 0 aliphatic carbocycles. The van der Waals surface area contributed by atoms with Crippen molar-refractivity contribution in [3.8, 4) is 0 Å². The molecule has 1 atom stereocenters.